The summed E-state index contributed by atoms with van der Waals surface area (Å²) in [5, 5.41) is 3.36. The second kappa shape index (κ2) is 7.80. The summed E-state index contributed by atoms with van der Waals surface area (Å²) >= 11 is 5.91. The van der Waals surface area contributed by atoms with Gasteiger partial charge in [0.25, 0.3) is 0 Å². The van der Waals surface area contributed by atoms with Crippen LogP contribution in [0.15, 0.2) is 67.0 Å². The maximum atomic E-state index is 12.4. The zero-order valence-electron chi connectivity index (χ0n) is 14.0. The van der Waals surface area contributed by atoms with Crippen molar-refractivity contribution in [1.82, 2.24) is 9.55 Å². The lowest BCUT2D eigenvalue weighted by Gasteiger charge is -2.05. The van der Waals surface area contributed by atoms with Gasteiger partial charge in [0.15, 0.2) is 5.82 Å². The van der Waals surface area contributed by atoms with Crippen LogP contribution in [0.4, 0.5) is 5.69 Å². The van der Waals surface area contributed by atoms with Crippen LogP contribution in [0.3, 0.4) is 0 Å². The molecule has 0 aliphatic rings. The van der Waals surface area contributed by atoms with Crippen LogP contribution in [-0.4, -0.2) is 21.2 Å². The fourth-order valence-corrected chi connectivity index (χ4v) is 2.58. The van der Waals surface area contributed by atoms with E-state index in [0.29, 0.717) is 22.1 Å². The molecule has 0 spiro atoms. The molecule has 1 amide bonds. The first kappa shape index (κ1) is 17.6. The molecule has 6 heteroatoms. The zero-order valence-corrected chi connectivity index (χ0v) is 14.8. The summed E-state index contributed by atoms with van der Waals surface area (Å²) in [7, 11) is 1.76. The minimum atomic E-state index is -0.270. The van der Waals surface area contributed by atoms with Gasteiger partial charge in [-0.1, -0.05) is 23.7 Å². The van der Waals surface area contributed by atoms with Gasteiger partial charge in [-0.3, -0.25) is 9.59 Å². The van der Waals surface area contributed by atoms with Crippen LogP contribution in [0.25, 0.3) is 6.08 Å². The van der Waals surface area contributed by atoms with Crippen LogP contribution in [0.5, 0.6) is 0 Å². The molecule has 0 bridgehead atoms. The molecular formula is C20H16ClN3O2. The molecule has 130 valence electrons. The molecule has 0 saturated heterocycles. The number of carbonyl (C=O) groups is 2. The fraction of sp³-hybridized carbons (Fsp3) is 0.0500. The molecule has 0 atom stereocenters. The molecule has 0 aliphatic carbocycles. The average molecular weight is 366 g/mol. The molecule has 26 heavy (non-hydrogen) atoms. The van der Waals surface area contributed by atoms with E-state index in [1.807, 2.05) is 12.1 Å². The lowest BCUT2D eigenvalue weighted by Crippen LogP contribution is -2.10. The molecule has 0 saturated carbocycles. The van der Waals surface area contributed by atoms with Crippen LogP contribution in [-0.2, 0) is 11.8 Å². The van der Waals surface area contributed by atoms with Gasteiger partial charge in [0, 0.05) is 41.8 Å². The maximum Gasteiger partial charge on any atom is 0.248 e. The molecule has 2 aromatic carbocycles. The van der Waals surface area contributed by atoms with Crippen LogP contribution >= 0.6 is 11.6 Å². The summed E-state index contributed by atoms with van der Waals surface area (Å²) in [5.74, 6) is -0.0735. The van der Waals surface area contributed by atoms with E-state index in [2.05, 4.69) is 10.3 Å². The summed E-state index contributed by atoms with van der Waals surface area (Å²) in [4.78, 5) is 28.4. The molecule has 0 fully saturated rings. The minimum absolute atomic E-state index is 0.170. The number of aryl methyl sites for hydroxylation is 1. The molecular weight excluding hydrogens is 350 g/mol. The summed E-state index contributed by atoms with van der Waals surface area (Å²) < 4.78 is 1.67. The summed E-state index contributed by atoms with van der Waals surface area (Å²) in [6, 6.07) is 13.9. The van der Waals surface area contributed by atoms with E-state index in [1.54, 1.807) is 66.5 Å². The number of anilines is 1. The van der Waals surface area contributed by atoms with Gasteiger partial charge in [-0.15, -0.1) is 0 Å². The molecule has 1 heterocycles. The van der Waals surface area contributed by atoms with Crippen LogP contribution in [0, 0.1) is 0 Å². The van der Waals surface area contributed by atoms with Gasteiger partial charge in [0.2, 0.25) is 11.7 Å². The summed E-state index contributed by atoms with van der Waals surface area (Å²) in [6.45, 7) is 0. The van der Waals surface area contributed by atoms with E-state index in [4.69, 9.17) is 11.6 Å². The van der Waals surface area contributed by atoms with Crippen molar-refractivity contribution >= 4 is 35.1 Å². The molecule has 0 aliphatic heterocycles. The van der Waals surface area contributed by atoms with Crippen molar-refractivity contribution in [2.24, 2.45) is 7.05 Å². The number of hydrogen-bond acceptors (Lipinski definition) is 3. The highest BCUT2D eigenvalue weighted by molar-refractivity contribution is 6.30. The second-order valence-corrected chi connectivity index (χ2v) is 6.08. The molecule has 0 unspecified atom stereocenters. The van der Waals surface area contributed by atoms with Gasteiger partial charge in [-0.05, 0) is 48.0 Å². The number of amides is 1. The maximum absolute atomic E-state index is 12.4. The van der Waals surface area contributed by atoms with Gasteiger partial charge in [0.1, 0.15) is 0 Å². The Morgan fingerprint density at radius 1 is 1.15 bits per heavy atom. The Balaban J connectivity index is 1.65. The van der Waals surface area contributed by atoms with E-state index >= 15 is 0 Å². The lowest BCUT2D eigenvalue weighted by molar-refractivity contribution is -0.111. The topological polar surface area (TPSA) is 64.0 Å². The second-order valence-electron chi connectivity index (χ2n) is 5.65. The van der Waals surface area contributed by atoms with Crippen LogP contribution < -0.4 is 5.32 Å². The van der Waals surface area contributed by atoms with E-state index in [0.717, 1.165) is 5.56 Å². The van der Waals surface area contributed by atoms with Crippen molar-refractivity contribution in [1.29, 1.82) is 0 Å². The molecule has 1 N–H and O–H groups in total. The average Bonchev–Trinajstić information content (AvgIpc) is 3.06. The number of rotatable bonds is 5. The third-order valence-electron chi connectivity index (χ3n) is 3.71. The fourth-order valence-electron chi connectivity index (χ4n) is 2.38. The predicted octanol–water partition coefficient (Wildman–Crippen LogP) is 3.96. The molecule has 3 aromatic rings. The first-order valence-corrected chi connectivity index (χ1v) is 8.27. The van der Waals surface area contributed by atoms with Crippen molar-refractivity contribution in [3.63, 3.8) is 0 Å². The quantitative estimate of drug-likeness (QED) is 0.550. The molecule has 1 aromatic heterocycles. The van der Waals surface area contributed by atoms with Crippen LogP contribution in [0.2, 0.25) is 5.02 Å². The molecule has 3 rings (SSSR count). The molecule has 0 radical (unpaired) electrons. The van der Waals surface area contributed by atoms with Crippen molar-refractivity contribution in [2.45, 2.75) is 0 Å². The van der Waals surface area contributed by atoms with Crippen molar-refractivity contribution in [3.05, 3.63) is 89.0 Å². The minimum Gasteiger partial charge on any atom is -0.331 e. The number of carbonyl (C=O) groups excluding carboxylic acids is 2. The number of halogens is 1. The number of aromatic nitrogens is 2. The number of ketones is 1. The molecule has 5 nitrogen and oxygen atoms in total. The number of hydrogen-bond donors (Lipinski definition) is 1. The number of benzene rings is 2. The van der Waals surface area contributed by atoms with Crippen molar-refractivity contribution in [3.8, 4) is 0 Å². The third-order valence-corrected chi connectivity index (χ3v) is 3.95. The van der Waals surface area contributed by atoms with Gasteiger partial charge in [0.05, 0.1) is 0 Å². The van der Waals surface area contributed by atoms with Crippen molar-refractivity contribution in [2.75, 3.05) is 5.32 Å². The highest BCUT2D eigenvalue weighted by atomic mass is 35.5. The summed E-state index contributed by atoms with van der Waals surface area (Å²) in [5.41, 5.74) is 1.94. The Labute approximate surface area is 155 Å². The highest BCUT2D eigenvalue weighted by Crippen LogP contribution is 2.14. The Morgan fingerprint density at radius 2 is 1.92 bits per heavy atom. The smallest absolute Gasteiger partial charge is 0.248 e. The van der Waals surface area contributed by atoms with E-state index < -0.39 is 0 Å². The monoisotopic (exact) mass is 365 g/mol. The Bertz CT molecular complexity index is 975. The van der Waals surface area contributed by atoms with Crippen molar-refractivity contribution < 1.29 is 9.59 Å². The Hall–Kier alpha value is -3.18. The standard InChI is InChI=1S/C20H16ClN3O2/c1-24-12-11-22-20(24)19(26)15-6-8-17(9-7-15)23-18(25)10-5-14-3-2-4-16(21)13-14/h2-13H,1H3,(H,23,25). The van der Waals surface area contributed by atoms with Gasteiger partial charge in [-0.25, -0.2) is 4.98 Å². The highest BCUT2D eigenvalue weighted by Gasteiger charge is 2.13. The van der Waals surface area contributed by atoms with E-state index in [1.165, 1.54) is 6.08 Å². The van der Waals surface area contributed by atoms with Crippen LogP contribution in [0.1, 0.15) is 21.7 Å². The van der Waals surface area contributed by atoms with E-state index in [9.17, 15) is 9.59 Å². The number of imidazole rings is 1. The zero-order chi connectivity index (χ0) is 18.5. The number of nitrogens with zero attached hydrogens (tertiary/aromatic N) is 2. The number of nitrogens with one attached hydrogen (secondary N) is 1. The Kier molecular flexibility index (Phi) is 5.29. The summed E-state index contributed by atoms with van der Waals surface area (Å²) in [6.07, 6.45) is 6.40. The first-order valence-electron chi connectivity index (χ1n) is 7.89. The largest absolute Gasteiger partial charge is 0.331 e. The van der Waals surface area contributed by atoms with Gasteiger partial charge >= 0.3 is 0 Å². The third kappa shape index (κ3) is 4.26. The SMILES string of the molecule is Cn1ccnc1C(=O)c1ccc(NC(=O)C=Cc2cccc(Cl)c2)cc1. The predicted molar refractivity (Wildman–Crippen MR) is 102 cm³/mol. The first-order chi connectivity index (χ1) is 12.5. The van der Waals surface area contributed by atoms with E-state index in [-0.39, 0.29) is 11.7 Å². The Morgan fingerprint density at radius 3 is 2.58 bits per heavy atom. The lowest BCUT2D eigenvalue weighted by atomic mass is 10.1. The van der Waals surface area contributed by atoms with Gasteiger partial charge < -0.3 is 9.88 Å². The normalized spacial score (nSPS) is 10.8. The van der Waals surface area contributed by atoms with Gasteiger partial charge in [-0.2, -0.15) is 0 Å².